The number of primary amides is 1. The number of hydrogen-bond acceptors (Lipinski definition) is 9. The van der Waals surface area contributed by atoms with Gasteiger partial charge >= 0.3 is 5.97 Å². The molecule has 0 saturated carbocycles. The first-order valence-electron chi connectivity index (χ1n) is 12.4. The Labute approximate surface area is 230 Å². The van der Waals surface area contributed by atoms with Gasteiger partial charge in [0, 0.05) is 19.4 Å². The number of aliphatic imine (C=N–C) groups is 1. The summed E-state index contributed by atoms with van der Waals surface area (Å²) in [4.78, 5) is 65.3. The molecule has 40 heavy (non-hydrogen) atoms. The minimum absolute atomic E-state index is 0.0223. The number of aromatic hydroxyl groups is 1. The van der Waals surface area contributed by atoms with Gasteiger partial charge in [0.25, 0.3) is 0 Å². The minimum Gasteiger partial charge on any atom is -0.508 e. The first kappa shape index (κ1) is 33.6. The number of carbonyl (C=O) groups is 5. The first-order valence-corrected chi connectivity index (χ1v) is 12.4. The van der Waals surface area contributed by atoms with E-state index in [1.165, 1.54) is 31.2 Å². The van der Waals surface area contributed by atoms with Crippen molar-refractivity contribution in [1.29, 1.82) is 0 Å². The molecule has 0 spiro atoms. The molecule has 0 bridgehead atoms. The number of rotatable bonds is 17. The molecule has 0 heterocycles. The average molecular weight is 567 g/mol. The van der Waals surface area contributed by atoms with Crippen molar-refractivity contribution < 1.29 is 39.3 Å². The van der Waals surface area contributed by atoms with Gasteiger partial charge in [-0.1, -0.05) is 12.1 Å². The van der Waals surface area contributed by atoms with Crippen LogP contribution in [0.25, 0.3) is 0 Å². The predicted molar refractivity (Wildman–Crippen MR) is 143 cm³/mol. The van der Waals surface area contributed by atoms with Crippen LogP contribution >= 0.6 is 0 Å². The molecule has 4 amide bonds. The number of amides is 4. The Balaban J connectivity index is 3.18. The van der Waals surface area contributed by atoms with Crippen molar-refractivity contribution in [3.05, 3.63) is 29.8 Å². The van der Waals surface area contributed by atoms with Crippen LogP contribution in [0.15, 0.2) is 29.3 Å². The molecule has 5 unspecified atom stereocenters. The van der Waals surface area contributed by atoms with Crippen LogP contribution in [0, 0.1) is 0 Å². The van der Waals surface area contributed by atoms with Crippen LogP contribution in [0.1, 0.15) is 38.2 Å². The summed E-state index contributed by atoms with van der Waals surface area (Å²) in [5.74, 6) is -4.83. The summed E-state index contributed by atoms with van der Waals surface area (Å²) in [5.41, 5.74) is 22.1. The van der Waals surface area contributed by atoms with Crippen LogP contribution in [0.3, 0.4) is 0 Å². The lowest BCUT2D eigenvalue weighted by atomic mass is 10.0. The number of carboxylic acids is 1. The number of benzene rings is 1. The lowest BCUT2D eigenvalue weighted by molar-refractivity contribution is -0.145. The Morgan fingerprint density at radius 1 is 0.900 bits per heavy atom. The van der Waals surface area contributed by atoms with Crippen molar-refractivity contribution in [1.82, 2.24) is 16.0 Å². The number of phenols is 1. The smallest absolute Gasteiger partial charge is 0.328 e. The molecule has 0 aromatic heterocycles. The number of aliphatic carboxylic acids is 1. The monoisotopic (exact) mass is 566 g/mol. The summed E-state index contributed by atoms with van der Waals surface area (Å²) < 4.78 is 0. The maximum absolute atomic E-state index is 13.3. The van der Waals surface area contributed by atoms with E-state index in [2.05, 4.69) is 20.9 Å². The summed E-state index contributed by atoms with van der Waals surface area (Å²) >= 11 is 0. The molecule has 16 heteroatoms. The highest BCUT2D eigenvalue weighted by Gasteiger charge is 2.32. The number of aliphatic hydroxyl groups excluding tert-OH is 1. The second-order valence-electron chi connectivity index (χ2n) is 9.12. The van der Waals surface area contributed by atoms with E-state index in [1.807, 2.05) is 0 Å². The molecular formula is C24H38N8O8. The third kappa shape index (κ3) is 12.4. The predicted octanol–water partition coefficient (Wildman–Crippen LogP) is -3.50. The number of nitrogens with one attached hydrogen (secondary N) is 3. The molecule has 1 rings (SSSR count). The quantitative estimate of drug-likeness (QED) is 0.0501. The van der Waals surface area contributed by atoms with E-state index in [4.69, 9.17) is 22.9 Å². The normalized spacial score (nSPS) is 14.5. The van der Waals surface area contributed by atoms with Crippen molar-refractivity contribution in [3.63, 3.8) is 0 Å². The zero-order chi connectivity index (χ0) is 30.4. The fourth-order valence-electron chi connectivity index (χ4n) is 3.47. The van der Waals surface area contributed by atoms with Crippen molar-refractivity contribution in [2.24, 2.45) is 27.9 Å². The van der Waals surface area contributed by atoms with Crippen LogP contribution < -0.4 is 38.9 Å². The van der Waals surface area contributed by atoms with Gasteiger partial charge in [0.05, 0.1) is 12.1 Å². The van der Waals surface area contributed by atoms with Gasteiger partial charge in [0.2, 0.25) is 23.6 Å². The van der Waals surface area contributed by atoms with Crippen molar-refractivity contribution in [2.75, 3.05) is 6.54 Å². The maximum atomic E-state index is 13.3. The molecule has 0 aliphatic rings. The highest BCUT2D eigenvalue weighted by atomic mass is 16.4. The Bertz CT molecular complexity index is 1060. The molecule has 5 atom stereocenters. The Hall–Kier alpha value is -4.44. The number of nitrogens with zero attached hydrogens (tertiary/aromatic N) is 1. The molecule has 1 aromatic rings. The third-order valence-electron chi connectivity index (χ3n) is 5.67. The van der Waals surface area contributed by atoms with E-state index in [-0.39, 0.29) is 50.4 Å². The number of phenolic OH excluding ortho intramolecular Hbond substituents is 1. The SMILES string of the molecule is CC(O)C(NC(=O)C(CCCN=C(N)N)NC(=O)C(Cc1ccc(O)cc1)NC(=O)C(N)CCC(N)=O)C(=O)O. The number of hydrogen-bond donors (Lipinski definition) is 10. The molecule has 0 aliphatic heterocycles. The van der Waals surface area contributed by atoms with Crippen molar-refractivity contribution in [2.45, 2.75) is 69.3 Å². The number of aliphatic hydroxyl groups is 1. The number of guanidine groups is 1. The highest BCUT2D eigenvalue weighted by Crippen LogP contribution is 2.12. The fourth-order valence-corrected chi connectivity index (χ4v) is 3.47. The van der Waals surface area contributed by atoms with Crippen LogP contribution in [0.2, 0.25) is 0 Å². The number of nitrogens with two attached hydrogens (primary N) is 4. The Morgan fingerprint density at radius 3 is 2.00 bits per heavy atom. The molecule has 0 aliphatic carbocycles. The van der Waals surface area contributed by atoms with Gasteiger partial charge in [-0.25, -0.2) is 4.79 Å². The fraction of sp³-hybridized carbons (Fsp3) is 0.500. The topological polar surface area (TPSA) is 299 Å². The van der Waals surface area contributed by atoms with E-state index < -0.39 is 59.9 Å². The molecule has 222 valence electrons. The van der Waals surface area contributed by atoms with Gasteiger partial charge in [-0.05, 0) is 43.9 Å². The largest absolute Gasteiger partial charge is 0.508 e. The van der Waals surface area contributed by atoms with Crippen LogP contribution in [0.5, 0.6) is 5.75 Å². The Kier molecular flexibility index (Phi) is 13.9. The van der Waals surface area contributed by atoms with Crippen molar-refractivity contribution >= 4 is 35.6 Å². The lowest BCUT2D eigenvalue weighted by Crippen LogP contribution is -2.58. The van der Waals surface area contributed by atoms with Gasteiger partial charge in [-0.15, -0.1) is 0 Å². The number of carboxylic acid groups (broad SMARTS) is 1. The van der Waals surface area contributed by atoms with E-state index in [9.17, 15) is 39.3 Å². The number of carbonyl (C=O) groups excluding carboxylic acids is 4. The summed E-state index contributed by atoms with van der Waals surface area (Å²) in [6.07, 6.45) is -1.57. The Morgan fingerprint density at radius 2 is 1.48 bits per heavy atom. The van der Waals surface area contributed by atoms with Gasteiger partial charge in [-0.3, -0.25) is 24.2 Å². The molecule has 16 nitrogen and oxygen atoms in total. The van der Waals surface area contributed by atoms with Gasteiger partial charge in [0.15, 0.2) is 12.0 Å². The average Bonchev–Trinajstić information content (AvgIpc) is 2.87. The van der Waals surface area contributed by atoms with E-state index in [1.54, 1.807) is 0 Å². The second-order valence-corrected chi connectivity index (χ2v) is 9.12. The van der Waals surface area contributed by atoms with Gasteiger partial charge in [0.1, 0.15) is 17.8 Å². The lowest BCUT2D eigenvalue weighted by Gasteiger charge is -2.26. The summed E-state index contributed by atoms with van der Waals surface area (Å²) in [6.45, 7) is 1.28. The first-order chi connectivity index (χ1) is 18.7. The molecule has 0 saturated heterocycles. The minimum atomic E-state index is -1.65. The van der Waals surface area contributed by atoms with Gasteiger partial charge in [-0.2, -0.15) is 0 Å². The molecule has 14 N–H and O–H groups in total. The zero-order valence-electron chi connectivity index (χ0n) is 22.1. The van der Waals surface area contributed by atoms with Crippen molar-refractivity contribution in [3.8, 4) is 5.75 Å². The zero-order valence-corrected chi connectivity index (χ0v) is 22.1. The van der Waals surface area contributed by atoms with E-state index in [0.717, 1.165) is 0 Å². The summed E-state index contributed by atoms with van der Waals surface area (Å²) in [5, 5.41) is 35.8. The third-order valence-corrected chi connectivity index (χ3v) is 5.67. The standard InChI is InChI=1S/C24H38N8O8/c1-12(33)19(23(39)40)32-21(37)16(3-2-10-29-24(27)28)30-22(38)17(11-13-4-6-14(34)7-5-13)31-20(36)15(25)8-9-18(26)35/h4-7,12,15-17,19,33-34H,2-3,8-11,25H2,1H3,(H2,26,35)(H,30,38)(H,31,36)(H,32,37)(H,39,40)(H4,27,28,29). The van der Waals surface area contributed by atoms with Crippen LogP contribution in [0.4, 0.5) is 0 Å². The van der Waals surface area contributed by atoms with Crippen LogP contribution in [-0.2, 0) is 30.4 Å². The highest BCUT2D eigenvalue weighted by molar-refractivity contribution is 5.94. The van der Waals surface area contributed by atoms with E-state index in [0.29, 0.717) is 5.56 Å². The maximum Gasteiger partial charge on any atom is 0.328 e. The summed E-state index contributed by atoms with van der Waals surface area (Å²) in [7, 11) is 0. The molecule has 1 aromatic carbocycles. The van der Waals surface area contributed by atoms with Gasteiger partial charge < -0.3 is 54.2 Å². The molecule has 0 radical (unpaired) electrons. The van der Waals surface area contributed by atoms with E-state index >= 15 is 0 Å². The molecular weight excluding hydrogens is 528 g/mol. The second kappa shape index (κ2) is 16.5. The summed E-state index contributed by atoms with van der Waals surface area (Å²) in [6, 6.07) is 0.424. The molecule has 0 fully saturated rings. The van der Waals surface area contributed by atoms with Crippen LogP contribution in [-0.4, -0.2) is 87.7 Å².